The molecule has 0 saturated carbocycles. The van der Waals surface area contributed by atoms with Crippen LogP contribution >= 0.6 is 11.6 Å². The number of halogens is 1. The number of unbranched alkanes of at least 4 members (excludes halogenated alkanes) is 3. The minimum Gasteiger partial charge on any atom is -0.422 e. The van der Waals surface area contributed by atoms with Gasteiger partial charge in [0.1, 0.15) is 5.58 Å². The van der Waals surface area contributed by atoms with Gasteiger partial charge in [0.25, 0.3) is 0 Å². The second-order valence-electron chi connectivity index (χ2n) is 5.64. The second-order valence-corrected chi connectivity index (χ2v) is 6.05. The third kappa shape index (κ3) is 2.76. The summed E-state index contributed by atoms with van der Waals surface area (Å²) in [5.41, 5.74) is 1.43. The van der Waals surface area contributed by atoms with E-state index in [-0.39, 0.29) is 5.63 Å². The normalized spacial score (nSPS) is 11.4. The lowest BCUT2D eigenvalue weighted by molar-refractivity contribution is 0.569. The maximum Gasteiger partial charge on any atom is 0.344 e. The molecule has 0 aliphatic rings. The molecule has 0 atom stereocenters. The molecule has 2 nitrogen and oxygen atoms in total. The standard InChI is InChI=1S/C19H19ClO2/c1-2-3-4-5-10-15-16(20)11-12-17-18(15)13-8-6-7-9-14(13)19(21)22-17/h6-9,11-12H,2-5,10H2,1H3. The smallest absolute Gasteiger partial charge is 0.344 e. The fraction of sp³-hybridized carbons (Fsp3) is 0.316. The molecule has 3 heteroatoms. The van der Waals surface area contributed by atoms with Crippen LogP contribution in [0, 0.1) is 0 Å². The zero-order valence-electron chi connectivity index (χ0n) is 12.7. The lowest BCUT2D eigenvalue weighted by Gasteiger charge is -2.10. The minimum atomic E-state index is -0.289. The van der Waals surface area contributed by atoms with Gasteiger partial charge in [-0.3, -0.25) is 0 Å². The summed E-state index contributed by atoms with van der Waals surface area (Å²) in [4.78, 5) is 12.1. The first-order valence-electron chi connectivity index (χ1n) is 7.85. The van der Waals surface area contributed by atoms with Crippen molar-refractivity contribution in [2.24, 2.45) is 0 Å². The molecule has 0 bridgehead atoms. The number of hydrogen-bond acceptors (Lipinski definition) is 2. The molecule has 0 saturated heterocycles. The van der Waals surface area contributed by atoms with Crippen molar-refractivity contribution in [1.82, 2.24) is 0 Å². The zero-order valence-corrected chi connectivity index (χ0v) is 13.5. The van der Waals surface area contributed by atoms with Crippen molar-refractivity contribution < 1.29 is 4.42 Å². The van der Waals surface area contributed by atoms with Crippen LogP contribution in [0.5, 0.6) is 0 Å². The first-order chi connectivity index (χ1) is 10.7. The molecular weight excluding hydrogens is 296 g/mol. The van der Waals surface area contributed by atoms with Crippen LogP contribution in [0.2, 0.25) is 5.02 Å². The topological polar surface area (TPSA) is 30.2 Å². The number of benzene rings is 2. The summed E-state index contributed by atoms with van der Waals surface area (Å²) in [7, 11) is 0. The molecule has 0 fully saturated rings. The molecule has 1 aromatic heterocycles. The lowest BCUT2D eigenvalue weighted by Crippen LogP contribution is -2.01. The third-order valence-corrected chi connectivity index (χ3v) is 4.47. The monoisotopic (exact) mass is 314 g/mol. The number of hydrogen-bond donors (Lipinski definition) is 0. The van der Waals surface area contributed by atoms with Gasteiger partial charge in [0.15, 0.2) is 0 Å². The molecular formula is C19H19ClO2. The molecule has 22 heavy (non-hydrogen) atoms. The quantitative estimate of drug-likeness (QED) is 0.342. The van der Waals surface area contributed by atoms with Crippen molar-refractivity contribution in [3.8, 4) is 0 Å². The van der Waals surface area contributed by atoms with Crippen LogP contribution in [-0.2, 0) is 6.42 Å². The molecule has 0 aliphatic heterocycles. The van der Waals surface area contributed by atoms with Crippen LogP contribution in [-0.4, -0.2) is 0 Å². The minimum absolute atomic E-state index is 0.289. The summed E-state index contributed by atoms with van der Waals surface area (Å²) >= 11 is 6.44. The Morgan fingerprint density at radius 1 is 1.00 bits per heavy atom. The molecule has 0 radical (unpaired) electrons. The molecule has 114 valence electrons. The Morgan fingerprint density at radius 3 is 2.55 bits per heavy atom. The van der Waals surface area contributed by atoms with Gasteiger partial charge in [-0.15, -0.1) is 0 Å². The Bertz CT molecular complexity index is 864. The number of aryl methyl sites for hydroxylation is 1. The fourth-order valence-corrected chi connectivity index (χ4v) is 3.24. The highest BCUT2D eigenvalue weighted by Crippen LogP contribution is 2.32. The van der Waals surface area contributed by atoms with Crippen LogP contribution in [0.3, 0.4) is 0 Å². The van der Waals surface area contributed by atoms with E-state index in [0.29, 0.717) is 11.0 Å². The average molecular weight is 315 g/mol. The molecule has 0 N–H and O–H groups in total. The molecule has 2 aromatic carbocycles. The van der Waals surface area contributed by atoms with Crippen molar-refractivity contribution >= 4 is 33.3 Å². The van der Waals surface area contributed by atoms with Gasteiger partial charge in [-0.05, 0) is 36.6 Å². The van der Waals surface area contributed by atoms with Crippen LogP contribution < -0.4 is 5.63 Å². The highest BCUT2D eigenvalue weighted by Gasteiger charge is 2.13. The Morgan fingerprint density at radius 2 is 1.77 bits per heavy atom. The van der Waals surface area contributed by atoms with E-state index < -0.39 is 0 Å². The van der Waals surface area contributed by atoms with Crippen molar-refractivity contribution in [2.75, 3.05) is 0 Å². The van der Waals surface area contributed by atoms with E-state index in [1.165, 1.54) is 19.3 Å². The van der Waals surface area contributed by atoms with E-state index in [1.807, 2.05) is 30.3 Å². The van der Waals surface area contributed by atoms with Gasteiger partial charge in [0, 0.05) is 15.8 Å². The van der Waals surface area contributed by atoms with E-state index in [0.717, 1.165) is 34.2 Å². The van der Waals surface area contributed by atoms with Crippen molar-refractivity contribution in [2.45, 2.75) is 39.0 Å². The molecule has 1 heterocycles. The average Bonchev–Trinajstić information content (AvgIpc) is 2.54. The molecule has 0 amide bonds. The number of fused-ring (bicyclic) bond motifs is 3. The Hall–Kier alpha value is -1.80. The van der Waals surface area contributed by atoms with Gasteiger partial charge in [-0.25, -0.2) is 4.79 Å². The van der Waals surface area contributed by atoms with Gasteiger partial charge in [0.2, 0.25) is 0 Å². The van der Waals surface area contributed by atoms with Gasteiger partial charge >= 0.3 is 5.63 Å². The SMILES string of the molecule is CCCCCCc1c(Cl)ccc2oc(=O)c3ccccc3c12. The van der Waals surface area contributed by atoms with Crippen molar-refractivity contribution in [1.29, 1.82) is 0 Å². The maximum atomic E-state index is 12.1. The summed E-state index contributed by atoms with van der Waals surface area (Å²) in [6, 6.07) is 11.2. The van der Waals surface area contributed by atoms with Crippen LogP contribution in [0.15, 0.2) is 45.6 Å². The van der Waals surface area contributed by atoms with Gasteiger partial charge in [-0.2, -0.15) is 0 Å². The maximum absolute atomic E-state index is 12.1. The summed E-state index contributed by atoms with van der Waals surface area (Å²) < 4.78 is 5.48. The molecule has 3 aromatic rings. The van der Waals surface area contributed by atoms with E-state index in [2.05, 4.69) is 6.92 Å². The second kappa shape index (κ2) is 6.53. The largest absolute Gasteiger partial charge is 0.422 e. The Balaban J connectivity index is 2.19. The van der Waals surface area contributed by atoms with E-state index in [9.17, 15) is 4.79 Å². The first-order valence-corrected chi connectivity index (χ1v) is 8.23. The van der Waals surface area contributed by atoms with Gasteiger partial charge in [0.05, 0.1) is 5.39 Å². The summed E-state index contributed by atoms with van der Waals surface area (Å²) in [5, 5.41) is 3.29. The molecule has 0 unspecified atom stereocenters. The Labute approximate surface area is 134 Å². The predicted molar refractivity (Wildman–Crippen MR) is 92.8 cm³/mol. The van der Waals surface area contributed by atoms with Crippen LogP contribution in [0.4, 0.5) is 0 Å². The predicted octanol–water partition coefficient (Wildman–Crippen LogP) is 5.72. The van der Waals surface area contributed by atoms with E-state index >= 15 is 0 Å². The molecule has 0 spiro atoms. The van der Waals surface area contributed by atoms with E-state index in [4.69, 9.17) is 16.0 Å². The summed E-state index contributed by atoms with van der Waals surface area (Å²) in [6.45, 7) is 2.20. The third-order valence-electron chi connectivity index (χ3n) is 4.12. The van der Waals surface area contributed by atoms with Gasteiger partial charge < -0.3 is 4.42 Å². The van der Waals surface area contributed by atoms with Crippen LogP contribution in [0.25, 0.3) is 21.7 Å². The molecule has 0 aliphatic carbocycles. The highest BCUT2D eigenvalue weighted by atomic mass is 35.5. The Kier molecular flexibility index (Phi) is 4.49. The fourth-order valence-electron chi connectivity index (χ4n) is 2.99. The first kappa shape index (κ1) is 15.1. The van der Waals surface area contributed by atoms with Crippen molar-refractivity contribution in [3.63, 3.8) is 0 Å². The molecule has 3 rings (SSSR count). The number of rotatable bonds is 5. The summed E-state index contributed by atoms with van der Waals surface area (Å²) in [6.07, 6.45) is 5.64. The van der Waals surface area contributed by atoms with Crippen LogP contribution in [0.1, 0.15) is 38.2 Å². The zero-order chi connectivity index (χ0) is 15.5. The summed E-state index contributed by atoms with van der Waals surface area (Å²) in [5.74, 6) is 0. The lowest BCUT2D eigenvalue weighted by atomic mass is 9.98. The highest BCUT2D eigenvalue weighted by molar-refractivity contribution is 6.32. The van der Waals surface area contributed by atoms with Gasteiger partial charge in [-0.1, -0.05) is 56.0 Å². The van der Waals surface area contributed by atoms with Crippen molar-refractivity contribution in [3.05, 3.63) is 57.4 Å². The van der Waals surface area contributed by atoms with E-state index in [1.54, 1.807) is 6.07 Å².